The van der Waals surface area contributed by atoms with Crippen molar-refractivity contribution in [1.29, 1.82) is 0 Å². The summed E-state index contributed by atoms with van der Waals surface area (Å²) in [4.78, 5) is 0. The molecule has 11 fully saturated rings. The lowest BCUT2D eigenvalue weighted by Crippen LogP contribution is -2.53. The Balaban J connectivity index is 0.000000155. The Morgan fingerprint density at radius 2 is 0.738 bits per heavy atom. The normalized spacial score (nSPS) is 46.5. The second-order valence-corrected chi connectivity index (χ2v) is 34.8. The molecule has 11 saturated carbocycles. The van der Waals surface area contributed by atoms with Crippen LogP contribution in [0.25, 0.3) is 0 Å². The third kappa shape index (κ3) is 13.5. The summed E-state index contributed by atoms with van der Waals surface area (Å²) in [6.07, 6.45) is 63.9. The van der Waals surface area contributed by atoms with Gasteiger partial charge >= 0.3 is 0 Å². The Labute approximate surface area is 504 Å². The van der Waals surface area contributed by atoms with Gasteiger partial charge in [0, 0.05) is 0 Å². The average Bonchev–Trinajstić information content (AvgIpc) is 4.25. The summed E-state index contributed by atoms with van der Waals surface area (Å²) in [6, 6.07) is 0. The first-order chi connectivity index (χ1) is 38.4. The van der Waals surface area contributed by atoms with Crippen LogP contribution in [0.1, 0.15) is 374 Å². The van der Waals surface area contributed by atoms with Gasteiger partial charge in [0.15, 0.2) is 0 Å². The largest absolute Gasteiger partial charge is 0.0683 e. The van der Waals surface area contributed by atoms with Gasteiger partial charge in [-0.25, -0.2) is 0 Å². The summed E-state index contributed by atoms with van der Waals surface area (Å²) in [5.74, 6) is 17.5. The fraction of sp³-hybridized carbons (Fsp3) is 1.00. The van der Waals surface area contributed by atoms with Crippen LogP contribution in [0, 0.1) is 133 Å². The van der Waals surface area contributed by atoms with Gasteiger partial charge in [-0.05, 0) is 294 Å². The molecule has 0 radical (unpaired) electrons. The molecule has 22 atom stereocenters. The standard InChI is InChI=1S/C27H48.C26H46.C25H46.C2H6/c1-5-6-7-8-11-20(2)23-15-16-24-22-14-13-21-12-9-10-18-26(21,3)25(22)17-19-27(23,24)4;1-5-6-7-10-19(2)22-14-15-23-21-13-12-20-11-8-9-17-25(20,3)24(21)16-18-26(22,23)4;1-19(2)12-13-23-15-14-22-11-8-10-21-9-6-7-17-24(21,4)20(3)16-18-25(22,23)5;1-2/h20-25H,5-19H2,1-4H3;19-24H,5-18H2,1-4H3;19-23H,6-18H2,1-5H3;1-2H3/t20-,21?,22?,23?,24?,25?,26?,27?;19-,20?,21?,22?,23?,24?,25?,26?;;/m11../s1. The zero-order chi connectivity index (χ0) is 57.5. The summed E-state index contributed by atoms with van der Waals surface area (Å²) in [7, 11) is 0. The van der Waals surface area contributed by atoms with Crippen LogP contribution in [-0.4, -0.2) is 0 Å². The number of unbranched alkanes of at least 4 members (excludes halogenated alkanes) is 5. The summed E-state index contributed by atoms with van der Waals surface area (Å²) >= 11 is 0. The van der Waals surface area contributed by atoms with E-state index < -0.39 is 0 Å². The highest BCUT2D eigenvalue weighted by atomic mass is 14.7. The predicted octanol–water partition coefficient (Wildman–Crippen LogP) is 26.2. The molecule has 0 nitrogen and oxygen atoms in total. The van der Waals surface area contributed by atoms with Crippen LogP contribution >= 0.6 is 0 Å². The van der Waals surface area contributed by atoms with Crippen LogP contribution < -0.4 is 0 Å². The molecule has 11 rings (SSSR count). The fourth-order valence-corrected chi connectivity index (χ4v) is 25.9. The van der Waals surface area contributed by atoms with E-state index in [1.165, 1.54) is 167 Å². The molecule has 0 N–H and O–H groups in total. The van der Waals surface area contributed by atoms with E-state index in [4.69, 9.17) is 0 Å². The molecular weight excluding hydrogens is 961 g/mol. The summed E-state index contributed by atoms with van der Waals surface area (Å²) in [5, 5.41) is 0. The average molecular weight is 1110 g/mol. The van der Waals surface area contributed by atoms with Gasteiger partial charge in [-0.1, -0.05) is 213 Å². The van der Waals surface area contributed by atoms with Gasteiger partial charge in [-0.15, -0.1) is 0 Å². The van der Waals surface area contributed by atoms with Crippen molar-refractivity contribution in [3.8, 4) is 0 Å². The minimum atomic E-state index is 0.646. The maximum atomic E-state index is 2.75. The second-order valence-electron chi connectivity index (χ2n) is 34.8. The fourth-order valence-electron chi connectivity index (χ4n) is 25.9. The molecule has 11 aliphatic rings. The summed E-state index contributed by atoms with van der Waals surface area (Å²) in [6.45, 7) is 37.7. The van der Waals surface area contributed by atoms with Crippen LogP contribution in [0.2, 0.25) is 0 Å². The molecular formula is C80H146. The Bertz CT molecular complexity index is 1810. The zero-order valence-corrected chi connectivity index (χ0v) is 57.5. The highest BCUT2D eigenvalue weighted by molar-refractivity contribution is 5.11. The Morgan fingerprint density at radius 1 is 0.338 bits per heavy atom. The maximum absolute atomic E-state index is 2.75. The Kier molecular flexibility index (Phi) is 23.8. The van der Waals surface area contributed by atoms with Crippen molar-refractivity contribution in [1.82, 2.24) is 0 Å². The molecule has 0 bridgehead atoms. The first-order valence-electron chi connectivity index (χ1n) is 38.4. The molecule has 0 heteroatoms. The van der Waals surface area contributed by atoms with Gasteiger partial charge in [0.2, 0.25) is 0 Å². The van der Waals surface area contributed by atoms with Crippen molar-refractivity contribution in [3.63, 3.8) is 0 Å². The molecule has 0 spiro atoms. The third-order valence-electron chi connectivity index (χ3n) is 31.1. The van der Waals surface area contributed by atoms with Crippen LogP contribution in [0.15, 0.2) is 0 Å². The van der Waals surface area contributed by atoms with Crippen molar-refractivity contribution in [2.75, 3.05) is 0 Å². The molecule has 0 aliphatic heterocycles. The van der Waals surface area contributed by atoms with Gasteiger partial charge in [-0.3, -0.25) is 0 Å². The van der Waals surface area contributed by atoms with E-state index in [0.29, 0.717) is 32.5 Å². The predicted molar refractivity (Wildman–Crippen MR) is 353 cm³/mol. The van der Waals surface area contributed by atoms with Crippen LogP contribution in [0.5, 0.6) is 0 Å². The Hall–Kier alpha value is 0. The first-order valence-corrected chi connectivity index (χ1v) is 38.4. The van der Waals surface area contributed by atoms with Gasteiger partial charge in [-0.2, -0.15) is 0 Å². The molecule has 0 saturated heterocycles. The van der Waals surface area contributed by atoms with Crippen LogP contribution in [0.4, 0.5) is 0 Å². The molecule has 466 valence electrons. The van der Waals surface area contributed by atoms with Gasteiger partial charge in [0.1, 0.15) is 0 Å². The quantitative estimate of drug-likeness (QED) is 0.152. The number of hydrogen-bond donors (Lipinski definition) is 0. The monoisotopic (exact) mass is 1110 g/mol. The molecule has 0 aromatic heterocycles. The van der Waals surface area contributed by atoms with Crippen molar-refractivity contribution < 1.29 is 0 Å². The minimum absolute atomic E-state index is 0.646. The third-order valence-corrected chi connectivity index (χ3v) is 31.1. The van der Waals surface area contributed by atoms with Crippen LogP contribution in [0.3, 0.4) is 0 Å². The lowest BCUT2D eigenvalue weighted by molar-refractivity contribution is -0.114. The molecule has 0 aromatic rings. The second kappa shape index (κ2) is 28.9. The number of fused-ring (bicyclic) bond motifs is 12. The van der Waals surface area contributed by atoms with Crippen molar-refractivity contribution in [3.05, 3.63) is 0 Å². The van der Waals surface area contributed by atoms with Crippen molar-refractivity contribution >= 4 is 0 Å². The van der Waals surface area contributed by atoms with E-state index in [0.717, 1.165) is 101 Å². The molecule has 0 heterocycles. The highest BCUT2D eigenvalue weighted by Gasteiger charge is 2.62. The summed E-state index contributed by atoms with van der Waals surface area (Å²) < 4.78 is 0. The topological polar surface area (TPSA) is 0 Å². The minimum Gasteiger partial charge on any atom is -0.0683 e. The molecule has 0 amide bonds. The van der Waals surface area contributed by atoms with Crippen molar-refractivity contribution in [2.24, 2.45) is 133 Å². The smallest absolute Gasteiger partial charge is 0.0264 e. The maximum Gasteiger partial charge on any atom is -0.0264 e. The van der Waals surface area contributed by atoms with Crippen LogP contribution in [-0.2, 0) is 0 Å². The lowest BCUT2D eigenvalue weighted by Gasteiger charge is -2.61. The van der Waals surface area contributed by atoms with Gasteiger partial charge in [0.05, 0.1) is 0 Å². The van der Waals surface area contributed by atoms with E-state index in [-0.39, 0.29) is 0 Å². The van der Waals surface area contributed by atoms with E-state index in [1.807, 2.05) is 13.8 Å². The Morgan fingerprint density at radius 3 is 1.23 bits per heavy atom. The van der Waals surface area contributed by atoms with Gasteiger partial charge < -0.3 is 0 Å². The molecule has 0 aromatic carbocycles. The first kappa shape index (κ1) is 66.0. The van der Waals surface area contributed by atoms with Gasteiger partial charge in [0.25, 0.3) is 0 Å². The van der Waals surface area contributed by atoms with E-state index in [1.54, 1.807) is 103 Å². The van der Waals surface area contributed by atoms with Crippen molar-refractivity contribution in [2.45, 2.75) is 374 Å². The highest BCUT2D eigenvalue weighted by Crippen LogP contribution is 2.71. The van der Waals surface area contributed by atoms with E-state index in [2.05, 4.69) is 90.0 Å². The zero-order valence-electron chi connectivity index (χ0n) is 57.5. The van der Waals surface area contributed by atoms with E-state index in [9.17, 15) is 0 Å². The molecule has 80 heavy (non-hydrogen) atoms. The molecule has 20 unspecified atom stereocenters. The van der Waals surface area contributed by atoms with E-state index >= 15 is 0 Å². The number of rotatable bonds is 14. The lowest BCUT2D eigenvalue weighted by atomic mass is 9.44. The summed E-state index contributed by atoms with van der Waals surface area (Å²) in [5.41, 5.74) is 4.10. The molecule has 11 aliphatic carbocycles. The number of hydrogen-bond acceptors (Lipinski definition) is 0. The SMILES string of the molecule is CC.CC(C)CCC1CCC2CCCC3CCCCC3(C)C(C)CCC21C.CCCCCC[C@@H](C)C1CCC2C3CCC4CCCCC4(C)C3CCC21C.CCCCC[C@@H](C)C1CCC2C3CCC4CCCCC4(C)C3CCC21C.